The smallest absolute Gasteiger partial charge is 0.416 e. The summed E-state index contributed by atoms with van der Waals surface area (Å²) in [5.74, 6) is 0.401. The first-order chi connectivity index (χ1) is 9.72. The molecule has 0 N–H and O–H groups in total. The number of hydrogen-bond acceptors (Lipinski definition) is 5. The van der Waals surface area contributed by atoms with Crippen LogP contribution in [0.2, 0.25) is 5.15 Å². The lowest BCUT2D eigenvalue weighted by Crippen LogP contribution is -2.63. The number of ether oxygens (including phenoxy) is 2. The Morgan fingerprint density at radius 1 is 1.48 bits per heavy atom. The lowest BCUT2D eigenvalue weighted by atomic mass is 9.97. The zero-order valence-electron chi connectivity index (χ0n) is 12.1. The second kappa shape index (κ2) is 4.45. The van der Waals surface area contributed by atoms with Crippen LogP contribution in [0, 0.1) is 0 Å². The van der Waals surface area contributed by atoms with Crippen molar-refractivity contribution in [2.45, 2.75) is 38.5 Å². The molecule has 8 heteroatoms. The van der Waals surface area contributed by atoms with E-state index in [-0.39, 0.29) is 5.15 Å². The van der Waals surface area contributed by atoms with Crippen molar-refractivity contribution in [3.05, 3.63) is 21.7 Å². The summed E-state index contributed by atoms with van der Waals surface area (Å²) >= 11 is 5.85. The van der Waals surface area contributed by atoms with Crippen LogP contribution in [0.15, 0.2) is 10.9 Å². The predicted octanol–water partition coefficient (Wildman–Crippen LogP) is 1.42. The second-order valence-electron chi connectivity index (χ2n) is 6.34. The number of nitrogens with zero attached hydrogens (tertiary/aromatic N) is 3. The molecule has 0 aromatic carbocycles. The highest BCUT2D eigenvalue weighted by molar-refractivity contribution is 6.29. The van der Waals surface area contributed by atoms with Gasteiger partial charge in [0.2, 0.25) is 0 Å². The van der Waals surface area contributed by atoms with Gasteiger partial charge in [-0.25, -0.2) is 9.59 Å². The van der Waals surface area contributed by atoms with Crippen LogP contribution in [0.4, 0.5) is 10.6 Å². The first kappa shape index (κ1) is 14.3. The molecule has 21 heavy (non-hydrogen) atoms. The summed E-state index contributed by atoms with van der Waals surface area (Å²) in [6.07, 6.45) is -0.515. The fraction of sp³-hybridized carbons (Fsp3) is 0.615. The molecule has 0 saturated carbocycles. The van der Waals surface area contributed by atoms with Gasteiger partial charge in [0.1, 0.15) is 22.1 Å². The molecule has 1 amide bonds. The third-order valence-corrected chi connectivity index (χ3v) is 3.63. The lowest BCUT2D eigenvalue weighted by Gasteiger charge is -2.43. The van der Waals surface area contributed by atoms with E-state index in [1.54, 1.807) is 20.8 Å². The number of aromatic nitrogens is 2. The zero-order chi connectivity index (χ0) is 15.4. The number of carbonyl (C=O) groups excluding carboxylic acids is 1. The van der Waals surface area contributed by atoms with Crippen LogP contribution in [0.1, 0.15) is 20.8 Å². The molecular formula is C13H16ClN3O4. The Morgan fingerprint density at radius 3 is 2.67 bits per heavy atom. The van der Waals surface area contributed by atoms with Gasteiger partial charge >= 0.3 is 11.8 Å². The van der Waals surface area contributed by atoms with E-state index in [4.69, 9.17) is 21.1 Å². The number of carbonyl (C=O) groups is 1. The Kier molecular flexibility index (Phi) is 3.04. The van der Waals surface area contributed by atoms with Gasteiger partial charge in [0.25, 0.3) is 0 Å². The van der Waals surface area contributed by atoms with E-state index in [1.807, 2.05) is 0 Å². The molecule has 7 nitrogen and oxygen atoms in total. The molecule has 0 radical (unpaired) electrons. The van der Waals surface area contributed by atoms with Crippen molar-refractivity contribution in [3.8, 4) is 0 Å². The fourth-order valence-electron chi connectivity index (χ4n) is 2.56. The van der Waals surface area contributed by atoms with Gasteiger partial charge in [-0.1, -0.05) is 11.6 Å². The van der Waals surface area contributed by atoms with E-state index in [0.717, 1.165) is 0 Å². The minimum atomic E-state index is -0.632. The summed E-state index contributed by atoms with van der Waals surface area (Å²) in [4.78, 5) is 29.6. The van der Waals surface area contributed by atoms with E-state index in [1.165, 1.54) is 15.5 Å². The monoisotopic (exact) mass is 313 g/mol. The van der Waals surface area contributed by atoms with Crippen molar-refractivity contribution >= 4 is 23.5 Å². The summed E-state index contributed by atoms with van der Waals surface area (Å²) in [5, 5.41) is 0.0529. The van der Waals surface area contributed by atoms with Gasteiger partial charge in [-0.3, -0.25) is 9.47 Å². The largest absolute Gasteiger partial charge is 0.443 e. The molecule has 114 valence electrons. The Balaban J connectivity index is 2.05. The van der Waals surface area contributed by atoms with Gasteiger partial charge in [0.15, 0.2) is 0 Å². The minimum Gasteiger partial charge on any atom is -0.443 e. The van der Waals surface area contributed by atoms with Crippen LogP contribution < -0.4 is 10.6 Å². The van der Waals surface area contributed by atoms with Gasteiger partial charge < -0.3 is 9.47 Å². The second-order valence-corrected chi connectivity index (χ2v) is 6.73. The molecule has 2 aliphatic heterocycles. The van der Waals surface area contributed by atoms with Gasteiger partial charge in [-0.15, -0.1) is 0 Å². The van der Waals surface area contributed by atoms with Crippen LogP contribution >= 0.6 is 11.6 Å². The number of hydrogen-bond donors (Lipinski definition) is 0. The van der Waals surface area contributed by atoms with Gasteiger partial charge in [0, 0.05) is 6.07 Å². The van der Waals surface area contributed by atoms with Crippen LogP contribution in [0.3, 0.4) is 0 Å². The van der Waals surface area contributed by atoms with E-state index < -0.39 is 22.9 Å². The topological polar surface area (TPSA) is 73.7 Å². The molecule has 1 spiro atoms. The fourth-order valence-corrected chi connectivity index (χ4v) is 2.73. The SMILES string of the molecule is CC(C)(C)OC(=O)N1c2cc(Cl)nc(=O)n2CC12COC2. The first-order valence-electron chi connectivity index (χ1n) is 6.60. The maximum atomic E-state index is 12.5. The van der Waals surface area contributed by atoms with E-state index in [2.05, 4.69) is 4.98 Å². The number of fused-ring (bicyclic) bond motifs is 1. The van der Waals surface area contributed by atoms with E-state index >= 15 is 0 Å². The molecule has 1 aromatic rings. The van der Waals surface area contributed by atoms with Crippen LogP contribution in [-0.2, 0) is 16.0 Å². The number of anilines is 1. The average molecular weight is 314 g/mol. The molecule has 0 unspecified atom stereocenters. The molecule has 3 rings (SSSR count). The number of halogens is 1. The summed E-state index contributed by atoms with van der Waals surface area (Å²) in [6.45, 7) is 6.41. The molecular weight excluding hydrogens is 298 g/mol. The van der Waals surface area contributed by atoms with Crippen molar-refractivity contribution in [1.82, 2.24) is 9.55 Å². The summed E-state index contributed by atoms with van der Waals surface area (Å²) in [5.41, 5.74) is -1.69. The molecule has 3 heterocycles. The standard InChI is InChI=1S/C13H16ClN3O4/c1-12(2,3)21-11(19)17-9-4-8(14)15-10(18)16(9)5-13(17)6-20-7-13/h4H,5-7H2,1-3H3. The van der Waals surface area contributed by atoms with Crippen molar-refractivity contribution in [2.24, 2.45) is 0 Å². The van der Waals surface area contributed by atoms with Crippen molar-refractivity contribution in [3.63, 3.8) is 0 Å². The lowest BCUT2D eigenvalue weighted by molar-refractivity contribution is -0.0598. The highest BCUT2D eigenvalue weighted by Crippen LogP contribution is 2.39. The Labute approximate surface area is 126 Å². The number of amides is 1. The third kappa shape index (κ3) is 2.30. The van der Waals surface area contributed by atoms with E-state index in [9.17, 15) is 9.59 Å². The molecule has 0 aliphatic carbocycles. The molecule has 0 atom stereocenters. The molecule has 1 aromatic heterocycles. The summed E-state index contributed by atoms with van der Waals surface area (Å²) in [7, 11) is 0. The average Bonchev–Trinajstić information content (AvgIpc) is 2.61. The highest BCUT2D eigenvalue weighted by Gasteiger charge is 2.54. The van der Waals surface area contributed by atoms with Gasteiger partial charge in [-0.05, 0) is 20.8 Å². The van der Waals surface area contributed by atoms with Crippen molar-refractivity contribution in [1.29, 1.82) is 0 Å². The highest BCUT2D eigenvalue weighted by atomic mass is 35.5. The molecule has 1 saturated heterocycles. The molecule has 1 fully saturated rings. The Hall–Kier alpha value is -1.60. The quantitative estimate of drug-likeness (QED) is 0.677. The Morgan fingerprint density at radius 2 is 2.14 bits per heavy atom. The van der Waals surface area contributed by atoms with E-state index in [0.29, 0.717) is 25.6 Å². The van der Waals surface area contributed by atoms with Crippen LogP contribution in [-0.4, -0.2) is 40.0 Å². The zero-order valence-corrected chi connectivity index (χ0v) is 12.8. The molecule has 2 aliphatic rings. The minimum absolute atomic E-state index is 0.0529. The van der Waals surface area contributed by atoms with Gasteiger partial charge in [0.05, 0.1) is 19.8 Å². The first-order valence-corrected chi connectivity index (χ1v) is 6.98. The predicted molar refractivity (Wildman–Crippen MR) is 75.8 cm³/mol. The summed E-state index contributed by atoms with van der Waals surface area (Å²) in [6, 6.07) is 1.50. The summed E-state index contributed by atoms with van der Waals surface area (Å²) < 4.78 is 12.1. The maximum Gasteiger partial charge on any atom is 0.416 e. The maximum absolute atomic E-state index is 12.5. The number of rotatable bonds is 0. The Bertz CT molecular complexity index is 660. The third-order valence-electron chi connectivity index (χ3n) is 3.43. The van der Waals surface area contributed by atoms with Crippen molar-refractivity contribution in [2.75, 3.05) is 18.1 Å². The van der Waals surface area contributed by atoms with Crippen molar-refractivity contribution < 1.29 is 14.3 Å². The van der Waals surface area contributed by atoms with Crippen LogP contribution in [0.5, 0.6) is 0 Å². The van der Waals surface area contributed by atoms with Gasteiger partial charge in [-0.2, -0.15) is 4.98 Å². The molecule has 0 bridgehead atoms. The van der Waals surface area contributed by atoms with Crippen LogP contribution in [0.25, 0.3) is 0 Å². The normalized spacial score (nSPS) is 19.3.